The van der Waals surface area contributed by atoms with Crippen LogP contribution in [0.2, 0.25) is 0 Å². The number of benzene rings is 1. The highest BCUT2D eigenvalue weighted by Crippen LogP contribution is 2.18. The lowest BCUT2D eigenvalue weighted by Gasteiger charge is -2.22. The van der Waals surface area contributed by atoms with Gasteiger partial charge in [0.15, 0.2) is 0 Å². The van der Waals surface area contributed by atoms with Gasteiger partial charge in [-0.1, -0.05) is 28.1 Å². The van der Waals surface area contributed by atoms with Crippen molar-refractivity contribution in [1.29, 1.82) is 0 Å². The van der Waals surface area contributed by atoms with Gasteiger partial charge in [0.05, 0.1) is 12.6 Å². The molecule has 0 aliphatic carbocycles. The first kappa shape index (κ1) is 16.0. The van der Waals surface area contributed by atoms with Gasteiger partial charge in [0.1, 0.15) is 6.04 Å². The molecule has 114 valence electrons. The van der Waals surface area contributed by atoms with Crippen LogP contribution < -0.4 is 5.32 Å². The topological polar surface area (TPSA) is 69.6 Å². The van der Waals surface area contributed by atoms with Crippen LogP contribution >= 0.6 is 15.9 Å². The summed E-state index contributed by atoms with van der Waals surface area (Å²) in [6.07, 6.45) is 1.44. The summed E-state index contributed by atoms with van der Waals surface area (Å²) in [4.78, 5) is 24.9. The predicted octanol–water partition coefficient (Wildman–Crippen LogP) is 2.18. The van der Waals surface area contributed by atoms with Gasteiger partial charge in [-0.15, -0.1) is 0 Å². The molecule has 1 heterocycles. The molecule has 1 saturated heterocycles. The minimum atomic E-state index is -0.846. The van der Waals surface area contributed by atoms with Gasteiger partial charge in [-0.05, 0) is 44.0 Å². The van der Waals surface area contributed by atoms with E-state index in [9.17, 15) is 9.59 Å². The number of nitrogens with one attached hydrogen (secondary N) is 1. The fourth-order valence-corrected chi connectivity index (χ4v) is 2.87. The monoisotopic (exact) mass is 354 g/mol. The molecule has 1 aliphatic rings. The van der Waals surface area contributed by atoms with E-state index < -0.39 is 12.0 Å². The highest BCUT2D eigenvalue weighted by molar-refractivity contribution is 9.10. The van der Waals surface area contributed by atoms with Gasteiger partial charge in [-0.25, -0.2) is 0 Å². The third-order valence-corrected chi connectivity index (χ3v) is 4.27. The Balaban J connectivity index is 1.89. The summed E-state index contributed by atoms with van der Waals surface area (Å²) in [7, 11) is 0. The molecular formula is C15H19BrN2O3. The number of aliphatic carboxylic acids is 1. The SMILES string of the molecule is C[C@@H](NC(=O)CN1CCC[C@@H]1C(=O)O)c1ccc(Br)cc1. The van der Waals surface area contributed by atoms with Crippen LogP contribution in [0.3, 0.4) is 0 Å². The van der Waals surface area contributed by atoms with E-state index in [4.69, 9.17) is 5.11 Å². The Hall–Kier alpha value is -1.40. The molecule has 0 aromatic heterocycles. The highest BCUT2D eigenvalue weighted by atomic mass is 79.9. The largest absolute Gasteiger partial charge is 0.480 e. The van der Waals surface area contributed by atoms with E-state index in [-0.39, 0.29) is 18.5 Å². The van der Waals surface area contributed by atoms with Crippen LogP contribution in [-0.2, 0) is 9.59 Å². The van der Waals surface area contributed by atoms with Crippen molar-refractivity contribution in [3.8, 4) is 0 Å². The predicted molar refractivity (Wildman–Crippen MR) is 82.9 cm³/mol. The fraction of sp³-hybridized carbons (Fsp3) is 0.467. The number of hydrogen-bond acceptors (Lipinski definition) is 3. The molecule has 6 heteroatoms. The molecule has 2 rings (SSSR count). The number of nitrogens with zero attached hydrogens (tertiary/aromatic N) is 1. The molecule has 0 unspecified atom stereocenters. The van der Waals surface area contributed by atoms with Gasteiger partial charge in [-0.2, -0.15) is 0 Å². The fourth-order valence-electron chi connectivity index (χ4n) is 2.60. The molecule has 21 heavy (non-hydrogen) atoms. The van der Waals surface area contributed by atoms with Crippen LogP contribution in [0.15, 0.2) is 28.7 Å². The number of likely N-dealkylation sites (tertiary alicyclic amines) is 1. The zero-order chi connectivity index (χ0) is 15.4. The zero-order valence-corrected chi connectivity index (χ0v) is 13.5. The molecule has 0 spiro atoms. The molecule has 0 saturated carbocycles. The number of carboxylic acids is 1. The van der Waals surface area contributed by atoms with Gasteiger partial charge in [-0.3, -0.25) is 14.5 Å². The van der Waals surface area contributed by atoms with Crippen molar-refractivity contribution in [2.45, 2.75) is 31.8 Å². The number of carbonyl (C=O) groups is 2. The van der Waals surface area contributed by atoms with Crippen LogP contribution in [0, 0.1) is 0 Å². The third kappa shape index (κ3) is 4.28. The van der Waals surface area contributed by atoms with Crippen molar-refractivity contribution in [3.63, 3.8) is 0 Å². The van der Waals surface area contributed by atoms with Gasteiger partial charge < -0.3 is 10.4 Å². The van der Waals surface area contributed by atoms with Crippen LogP contribution in [-0.4, -0.2) is 41.0 Å². The van der Waals surface area contributed by atoms with E-state index in [1.807, 2.05) is 31.2 Å². The number of rotatable bonds is 5. The summed E-state index contributed by atoms with van der Waals surface area (Å²) >= 11 is 3.37. The standard InChI is InChI=1S/C15H19BrN2O3/c1-10(11-4-6-12(16)7-5-11)17-14(19)9-18-8-2-3-13(18)15(20)21/h4-7,10,13H,2-3,8-9H2,1H3,(H,17,19)(H,20,21)/t10-,13-/m1/s1. The number of hydrogen-bond donors (Lipinski definition) is 2. The average molecular weight is 355 g/mol. The Kier molecular flexibility index (Phi) is 5.36. The minimum Gasteiger partial charge on any atom is -0.480 e. The average Bonchev–Trinajstić information content (AvgIpc) is 2.87. The molecule has 5 nitrogen and oxygen atoms in total. The normalized spacial score (nSPS) is 20.2. The highest BCUT2D eigenvalue weighted by Gasteiger charge is 2.31. The number of carbonyl (C=O) groups excluding carboxylic acids is 1. The number of carboxylic acid groups (broad SMARTS) is 1. The van der Waals surface area contributed by atoms with E-state index in [1.54, 1.807) is 4.90 Å². The second kappa shape index (κ2) is 7.04. The summed E-state index contributed by atoms with van der Waals surface area (Å²) in [5, 5.41) is 12.0. The second-order valence-corrected chi connectivity index (χ2v) is 6.22. The van der Waals surface area contributed by atoms with E-state index >= 15 is 0 Å². The van der Waals surface area contributed by atoms with Crippen molar-refractivity contribution >= 4 is 27.8 Å². The lowest BCUT2D eigenvalue weighted by molar-refractivity contribution is -0.142. The zero-order valence-electron chi connectivity index (χ0n) is 11.9. The van der Waals surface area contributed by atoms with Crippen molar-refractivity contribution in [2.75, 3.05) is 13.1 Å². The van der Waals surface area contributed by atoms with E-state index in [2.05, 4.69) is 21.2 Å². The minimum absolute atomic E-state index is 0.100. The molecule has 1 aromatic rings. The Morgan fingerprint density at radius 1 is 1.43 bits per heavy atom. The molecule has 1 amide bonds. The van der Waals surface area contributed by atoms with E-state index in [0.29, 0.717) is 13.0 Å². The molecule has 0 radical (unpaired) electrons. The Morgan fingerprint density at radius 3 is 2.71 bits per heavy atom. The molecule has 1 fully saturated rings. The second-order valence-electron chi connectivity index (χ2n) is 5.31. The van der Waals surface area contributed by atoms with Crippen molar-refractivity contribution in [2.24, 2.45) is 0 Å². The molecule has 2 atom stereocenters. The summed E-state index contributed by atoms with van der Waals surface area (Å²) in [5.41, 5.74) is 1.02. The summed E-state index contributed by atoms with van der Waals surface area (Å²) in [6.45, 7) is 2.72. The molecule has 2 N–H and O–H groups in total. The van der Waals surface area contributed by atoms with Crippen LogP contribution in [0.25, 0.3) is 0 Å². The smallest absolute Gasteiger partial charge is 0.320 e. The van der Waals surface area contributed by atoms with Gasteiger partial charge >= 0.3 is 5.97 Å². The van der Waals surface area contributed by atoms with Gasteiger partial charge in [0.25, 0.3) is 0 Å². The quantitative estimate of drug-likeness (QED) is 0.850. The van der Waals surface area contributed by atoms with E-state index in [1.165, 1.54) is 0 Å². The summed E-state index contributed by atoms with van der Waals surface area (Å²) in [6, 6.07) is 7.13. The third-order valence-electron chi connectivity index (χ3n) is 3.74. The summed E-state index contributed by atoms with van der Waals surface area (Å²) in [5.74, 6) is -0.986. The lowest BCUT2D eigenvalue weighted by atomic mass is 10.1. The van der Waals surface area contributed by atoms with Gasteiger partial charge in [0.2, 0.25) is 5.91 Å². The Labute approximate surface area is 132 Å². The van der Waals surface area contributed by atoms with E-state index in [0.717, 1.165) is 16.5 Å². The maximum atomic E-state index is 12.1. The number of halogens is 1. The van der Waals surface area contributed by atoms with Gasteiger partial charge in [0, 0.05) is 4.47 Å². The molecule has 0 bridgehead atoms. The van der Waals surface area contributed by atoms with Crippen molar-refractivity contribution in [1.82, 2.24) is 10.2 Å². The molecule has 1 aliphatic heterocycles. The maximum Gasteiger partial charge on any atom is 0.320 e. The van der Waals surface area contributed by atoms with Crippen LogP contribution in [0.5, 0.6) is 0 Å². The first-order valence-electron chi connectivity index (χ1n) is 6.99. The van der Waals surface area contributed by atoms with Crippen molar-refractivity contribution < 1.29 is 14.7 Å². The van der Waals surface area contributed by atoms with Crippen LogP contribution in [0.4, 0.5) is 0 Å². The van der Waals surface area contributed by atoms with Crippen molar-refractivity contribution in [3.05, 3.63) is 34.3 Å². The number of amides is 1. The Morgan fingerprint density at radius 2 is 2.10 bits per heavy atom. The first-order valence-corrected chi connectivity index (χ1v) is 7.78. The molecule has 1 aromatic carbocycles. The Bertz CT molecular complexity index is 518. The first-order chi connectivity index (χ1) is 9.97. The maximum absolute atomic E-state index is 12.1. The molecular weight excluding hydrogens is 336 g/mol. The lowest BCUT2D eigenvalue weighted by Crippen LogP contribution is -2.43. The van der Waals surface area contributed by atoms with Crippen LogP contribution in [0.1, 0.15) is 31.4 Å². The summed E-state index contributed by atoms with van der Waals surface area (Å²) < 4.78 is 0.992.